The van der Waals surface area contributed by atoms with Crippen molar-refractivity contribution in [2.24, 2.45) is 0 Å². The van der Waals surface area contributed by atoms with Crippen LogP contribution in [0.25, 0.3) is 0 Å². The van der Waals surface area contributed by atoms with E-state index in [1.54, 1.807) is 6.07 Å². The lowest BCUT2D eigenvalue weighted by molar-refractivity contribution is -0.385. The van der Waals surface area contributed by atoms with E-state index in [9.17, 15) is 14.9 Å². The summed E-state index contributed by atoms with van der Waals surface area (Å²) >= 11 is 3.18. The number of carbonyl (C=O) groups is 1. The summed E-state index contributed by atoms with van der Waals surface area (Å²) in [6.45, 7) is 1.48. The summed E-state index contributed by atoms with van der Waals surface area (Å²) in [5.41, 5.74) is 0.0188. The van der Waals surface area contributed by atoms with Crippen LogP contribution in [-0.2, 0) is 0 Å². The summed E-state index contributed by atoms with van der Waals surface area (Å²) in [6, 6.07) is 7.08. The molecule has 0 aliphatic rings. The van der Waals surface area contributed by atoms with Crippen LogP contribution >= 0.6 is 15.9 Å². The van der Waals surface area contributed by atoms with Gasteiger partial charge in [-0.3, -0.25) is 10.1 Å². The molecule has 0 bridgehead atoms. The van der Waals surface area contributed by atoms with Gasteiger partial charge in [-0.2, -0.15) is 0 Å². The highest BCUT2D eigenvalue weighted by atomic mass is 79.9. The molecule has 0 spiro atoms. The topological polar surface area (TPSA) is 103 Å². The quantitative estimate of drug-likeness (QED) is 0.666. The zero-order chi connectivity index (χ0) is 15.6. The Morgan fingerprint density at radius 1 is 1.38 bits per heavy atom. The molecule has 0 aliphatic heterocycles. The van der Waals surface area contributed by atoms with Crippen LogP contribution in [0.3, 0.4) is 0 Å². The van der Waals surface area contributed by atoms with Gasteiger partial charge >= 0.3 is 5.97 Å². The van der Waals surface area contributed by atoms with Gasteiger partial charge in [0.1, 0.15) is 17.0 Å². The van der Waals surface area contributed by atoms with Crippen molar-refractivity contribution in [3.8, 4) is 11.6 Å². The van der Waals surface area contributed by atoms with Gasteiger partial charge in [0.15, 0.2) is 0 Å². The minimum atomic E-state index is -1.15. The maximum Gasteiger partial charge on any atom is 0.339 e. The van der Waals surface area contributed by atoms with Gasteiger partial charge in [0.05, 0.1) is 4.92 Å². The Morgan fingerprint density at radius 2 is 2.10 bits per heavy atom. The molecule has 0 saturated heterocycles. The SMILES string of the molecule is Cc1nc(Oc2ccc(Br)cc2C(=O)O)ccc1[N+](=O)[O-]. The number of nitrogens with zero attached hydrogens (tertiary/aromatic N) is 2. The molecule has 21 heavy (non-hydrogen) atoms. The predicted molar refractivity (Wildman–Crippen MR) is 76.8 cm³/mol. The molecule has 0 aliphatic carbocycles. The number of aryl methyl sites for hydroxylation is 1. The highest BCUT2D eigenvalue weighted by Gasteiger charge is 2.16. The number of rotatable bonds is 4. The Kier molecular flexibility index (Phi) is 4.18. The Hall–Kier alpha value is -2.48. The van der Waals surface area contributed by atoms with Gasteiger partial charge < -0.3 is 9.84 Å². The standard InChI is InChI=1S/C13H9BrN2O5/c1-7-10(16(19)20)3-5-12(15-7)21-11-4-2-8(14)6-9(11)13(17)18/h2-6H,1H3,(H,17,18). The molecule has 1 aromatic carbocycles. The average Bonchev–Trinajstić information content (AvgIpc) is 2.40. The smallest absolute Gasteiger partial charge is 0.339 e. The van der Waals surface area contributed by atoms with Crippen LogP contribution in [0.2, 0.25) is 0 Å². The molecule has 1 N–H and O–H groups in total. The van der Waals surface area contributed by atoms with Gasteiger partial charge in [0.2, 0.25) is 5.88 Å². The Labute approximate surface area is 127 Å². The van der Waals surface area contributed by atoms with Crippen LogP contribution in [-0.4, -0.2) is 21.0 Å². The van der Waals surface area contributed by atoms with Crippen LogP contribution in [0.15, 0.2) is 34.8 Å². The third-order valence-corrected chi connectivity index (χ3v) is 3.11. The highest BCUT2D eigenvalue weighted by Crippen LogP contribution is 2.28. The average molecular weight is 353 g/mol. The first kappa shape index (κ1) is 14.9. The van der Waals surface area contributed by atoms with Gasteiger partial charge in [-0.1, -0.05) is 15.9 Å². The van der Waals surface area contributed by atoms with Crippen molar-refractivity contribution < 1.29 is 19.6 Å². The molecule has 0 fully saturated rings. The number of pyridine rings is 1. The van der Waals surface area contributed by atoms with Gasteiger partial charge in [-0.05, 0) is 25.1 Å². The highest BCUT2D eigenvalue weighted by molar-refractivity contribution is 9.10. The Balaban J connectivity index is 2.37. The fraction of sp³-hybridized carbons (Fsp3) is 0.0769. The maximum absolute atomic E-state index is 11.2. The summed E-state index contributed by atoms with van der Waals surface area (Å²) in [5.74, 6) is -0.959. The van der Waals surface area contributed by atoms with E-state index in [1.807, 2.05) is 0 Å². The molecule has 8 heteroatoms. The molecule has 1 aromatic heterocycles. The molecular formula is C13H9BrN2O5. The molecule has 2 aromatic rings. The van der Waals surface area contributed by atoms with E-state index in [0.29, 0.717) is 4.47 Å². The van der Waals surface area contributed by atoms with E-state index in [-0.39, 0.29) is 28.6 Å². The number of nitro groups is 1. The molecule has 0 atom stereocenters. The summed E-state index contributed by atoms with van der Waals surface area (Å²) in [5, 5.41) is 19.8. The summed E-state index contributed by atoms with van der Waals surface area (Å²) < 4.78 is 6.00. The van der Waals surface area contributed by atoms with E-state index < -0.39 is 10.9 Å². The minimum absolute atomic E-state index is 0.0396. The first-order valence-corrected chi connectivity index (χ1v) is 6.50. The number of aromatic nitrogens is 1. The van der Waals surface area contributed by atoms with Crippen molar-refractivity contribution in [3.05, 3.63) is 56.2 Å². The van der Waals surface area contributed by atoms with Crippen molar-refractivity contribution >= 4 is 27.6 Å². The Bertz CT molecular complexity index is 732. The largest absolute Gasteiger partial charge is 0.478 e. The zero-order valence-electron chi connectivity index (χ0n) is 10.7. The molecule has 0 unspecified atom stereocenters. The van der Waals surface area contributed by atoms with Crippen molar-refractivity contribution in [1.29, 1.82) is 0 Å². The van der Waals surface area contributed by atoms with Crippen LogP contribution in [0.5, 0.6) is 11.6 Å². The minimum Gasteiger partial charge on any atom is -0.478 e. The molecule has 1 heterocycles. The van der Waals surface area contributed by atoms with Crippen LogP contribution in [0, 0.1) is 17.0 Å². The van der Waals surface area contributed by atoms with Gasteiger partial charge in [0, 0.05) is 16.6 Å². The summed E-state index contributed by atoms with van der Waals surface area (Å²) in [6.07, 6.45) is 0. The second kappa shape index (κ2) is 5.88. The molecule has 7 nitrogen and oxygen atoms in total. The monoisotopic (exact) mass is 352 g/mol. The van der Waals surface area contributed by atoms with Crippen LogP contribution in [0.1, 0.15) is 16.1 Å². The van der Waals surface area contributed by atoms with Crippen molar-refractivity contribution in [2.75, 3.05) is 0 Å². The third kappa shape index (κ3) is 3.34. The zero-order valence-corrected chi connectivity index (χ0v) is 12.3. The molecule has 0 saturated carbocycles. The Morgan fingerprint density at radius 3 is 2.67 bits per heavy atom. The van der Waals surface area contributed by atoms with Crippen molar-refractivity contribution in [2.45, 2.75) is 6.92 Å². The lowest BCUT2D eigenvalue weighted by Crippen LogP contribution is -2.01. The second-order valence-corrected chi connectivity index (χ2v) is 4.97. The van der Waals surface area contributed by atoms with E-state index >= 15 is 0 Å². The molecular weight excluding hydrogens is 344 g/mol. The number of halogens is 1. The van der Waals surface area contributed by atoms with Gasteiger partial charge in [0.25, 0.3) is 5.69 Å². The number of carboxylic acid groups (broad SMARTS) is 1. The van der Waals surface area contributed by atoms with E-state index in [4.69, 9.17) is 9.84 Å². The predicted octanol–water partition coefficient (Wildman–Crippen LogP) is 3.55. The first-order valence-electron chi connectivity index (χ1n) is 5.71. The summed E-state index contributed by atoms with van der Waals surface area (Å²) in [4.78, 5) is 25.3. The molecule has 108 valence electrons. The van der Waals surface area contributed by atoms with Gasteiger partial charge in [-0.15, -0.1) is 0 Å². The number of ether oxygens (including phenoxy) is 1. The summed E-state index contributed by atoms with van der Waals surface area (Å²) in [7, 11) is 0. The normalized spacial score (nSPS) is 10.2. The first-order chi connectivity index (χ1) is 9.88. The van der Waals surface area contributed by atoms with E-state index in [0.717, 1.165) is 0 Å². The van der Waals surface area contributed by atoms with E-state index in [2.05, 4.69) is 20.9 Å². The second-order valence-electron chi connectivity index (χ2n) is 4.06. The third-order valence-electron chi connectivity index (χ3n) is 2.62. The van der Waals surface area contributed by atoms with Crippen LogP contribution in [0.4, 0.5) is 5.69 Å². The number of benzene rings is 1. The van der Waals surface area contributed by atoms with Crippen molar-refractivity contribution in [1.82, 2.24) is 4.98 Å². The number of hydrogen-bond donors (Lipinski definition) is 1. The number of carboxylic acids is 1. The lowest BCUT2D eigenvalue weighted by atomic mass is 10.2. The maximum atomic E-state index is 11.2. The van der Waals surface area contributed by atoms with E-state index in [1.165, 1.54) is 31.2 Å². The van der Waals surface area contributed by atoms with Gasteiger partial charge in [-0.25, -0.2) is 9.78 Å². The number of aromatic carboxylic acids is 1. The molecule has 0 radical (unpaired) electrons. The van der Waals surface area contributed by atoms with Crippen LogP contribution < -0.4 is 4.74 Å². The molecule has 0 amide bonds. The molecule has 2 rings (SSSR count). The number of hydrogen-bond acceptors (Lipinski definition) is 5. The fourth-order valence-electron chi connectivity index (χ4n) is 1.65. The lowest BCUT2D eigenvalue weighted by Gasteiger charge is -2.08. The van der Waals surface area contributed by atoms with Crippen molar-refractivity contribution in [3.63, 3.8) is 0 Å². The fourth-order valence-corrected chi connectivity index (χ4v) is 2.01.